The Labute approximate surface area is 177 Å². The van der Waals surface area contributed by atoms with Gasteiger partial charge in [0.05, 0.1) is 18.6 Å². The fourth-order valence-corrected chi connectivity index (χ4v) is 3.27. The molecule has 3 rings (SSSR count). The van der Waals surface area contributed by atoms with Gasteiger partial charge in [-0.3, -0.25) is 19.7 Å². The van der Waals surface area contributed by atoms with Gasteiger partial charge in [-0.2, -0.15) is 0 Å². The van der Waals surface area contributed by atoms with E-state index in [0.29, 0.717) is 40.0 Å². The molecule has 0 atom stereocenters. The van der Waals surface area contributed by atoms with Gasteiger partial charge in [0.1, 0.15) is 5.75 Å². The van der Waals surface area contributed by atoms with Crippen molar-refractivity contribution < 1.29 is 28.6 Å². The van der Waals surface area contributed by atoms with Crippen molar-refractivity contribution in [2.24, 2.45) is 0 Å². The van der Waals surface area contributed by atoms with E-state index >= 15 is 0 Å². The third kappa shape index (κ3) is 5.54. The Balaban J connectivity index is 1.66. The Morgan fingerprint density at radius 1 is 1.10 bits per heavy atom. The summed E-state index contributed by atoms with van der Waals surface area (Å²) in [5, 5.41) is 4.54. The Bertz CT molecular complexity index is 987. The average Bonchev–Trinajstić information content (AvgIpc) is 3.05. The molecular weight excluding hydrogens is 408 g/mol. The normalized spacial score (nSPS) is 14.4. The van der Waals surface area contributed by atoms with Crippen LogP contribution in [0.4, 0.5) is 10.5 Å². The van der Waals surface area contributed by atoms with E-state index in [-0.39, 0.29) is 12.5 Å². The standard InChI is InChI=1S/C21H20N2O6S/c1-3-28-17-10-13(11-18-20(25)23-21(26)30-18)4-9-16(17)29-12-19(24)22-14-5-7-15(27-2)8-6-14/h4-11H,3,12H2,1-2H3,(H,22,24)(H,23,25,26)/b18-11-. The van der Waals surface area contributed by atoms with Crippen molar-refractivity contribution in [2.75, 3.05) is 25.6 Å². The summed E-state index contributed by atoms with van der Waals surface area (Å²) in [4.78, 5) is 35.5. The van der Waals surface area contributed by atoms with Crippen molar-refractivity contribution >= 4 is 40.6 Å². The number of carbonyl (C=O) groups excluding carboxylic acids is 3. The number of nitrogens with one attached hydrogen (secondary N) is 2. The number of hydrogen-bond acceptors (Lipinski definition) is 7. The number of anilines is 1. The molecule has 0 aromatic heterocycles. The van der Waals surface area contributed by atoms with Gasteiger partial charge in [0.15, 0.2) is 18.1 Å². The maximum atomic E-state index is 12.2. The van der Waals surface area contributed by atoms with Gasteiger partial charge in [-0.1, -0.05) is 6.07 Å². The molecule has 0 aliphatic carbocycles. The number of rotatable bonds is 8. The Hall–Kier alpha value is -3.46. The first-order chi connectivity index (χ1) is 14.5. The molecule has 0 saturated carbocycles. The quantitative estimate of drug-likeness (QED) is 0.621. The molecule has 9 heteroatoms. The second kappa shape index (κ2) is 9.84. The predicted octanol–water partition coefficient (Wildman–Crippen LogP) is 3.44. The third-order valence-corrected chi connectivity index (χ3v) is 4.75. The van der Waals surface area contributed by atoms with Crippen LogP contribution in [0.3, 0.4) is 0 Å². The number of hydrogen-bond donors (Lipinski definition) is 2. The highest BCUT2D eigenvalue weighted by atomic mass is 32.2. The maximum Gasteiger partial charge on any atom is 0.290 e. The summed E-state index contributed by atoms with van der Waals surface area (Å²) in [7, 11) is 1.57. The lowest BCUT2D eigenvalue weighted by molar-refractivity contribution is -0.118. The first-order valence-corrected chi connectivity index (χ1v) is 9.88. The van der Waals surface area contributed by atoms with E-state index < -0.39 is 11.1 Å². The van der Waals surface area contributed by atoms with Gasteiger partial charge in [0, 0.05) is 5.69 Å². The minimum absolute atomic E-state index is 0.209. The molecule has 2 aromatic rings. The molecule has 2 N–H and O–H groups in total. The monoisotopic (exact) mass is 428 g/mol. The molecule has 3 amide bonds. The van der Waals surface area contributed by atoms with E-state index in [2.05, 4.69) is 10.6 Å². The summed E-state index contributed by atoms with van der Waals surface area (Å²) in [6.45, 7) is 2.01. The van der Waals surface area contributed by atoms with Gasteiger partial charge in [-0.15, -0.1) is 0 Å². The van der Waals surface area contributed by atoms with Gasteiger partial charge < -0.3 is 19.5 Å². The van der Waals surface area contributed by atoms with Crippen LogP contribution in [0.1, 0.15) is 12.5 Å². The number of carbonyl (C=O) groups is 3. The first kappa shape index (κ1) is 21.3. The highest BCUT2D eigenvalue weighted by Crippen LogP contribution is 2.31. The van der Waals surface area contributed by atoms with Crippen LogP contribution in [0, 0.1) is 0 Å². The van der Waals surface area contributed by atoms with Crippen LogP contribution in [0.2, 0.25) is 0 Å². The van der Waals surface area contributed by atoms with Crippen molar-refractivity contribution in [2.45, 2.75) is 6.92 Å². The predicted molar refractivity (Wildman–Crippen MR) is 114 cm³/mol. The minimum Gasteiger partial charge on any atom is -0.497 e. The lowest BCUT2D eigenvalue weighted by Gasteiger charge is -2.13. The lowest BCUT2D eigenvalue weighted by Crippen LogP contribution is -2.20. The zero-order valence-electron chi connectivity index (χ0n) is 16.4. The molecule has 0 bridgehead atoms. The van der Waals surface area contributed by atoms with Crippen LogP contribution in [-0.2, 0) is 9.59 Å². The number of ether oxygens (including phenoxy) is 3. The van der Waals surface area contributed by atoms with Crippen molar-refractivity contribution in [3.63, 3.8) is 0 Å². The van der Waals surface area contributed by atoms with Gasteiger partial charge in [0.25, 0.3) is 17.1 Å². The fourth-order valence-electron chi connectivity index (χ4n) is 2.59. The average molecular weight is 428 g/mol. The van der Waals surface area contributed by atoms with E-state index in [9.17, 15) is 14.4 Å². The third-order valence-electron chi connectivity index (χ3n) is 3.94. The molecule has 1 saturated heterocycles. The van der Waals surface area contributed by atoms with E-state index in [1.807, 2.05) is 6.92 Å². The molecule has 2 aromatic carbocycles. The van der Waals surface area contributed by atoms with Crippen LogP contribution in [-0.4, -0.2) is 37.4 Å². The smallest absolute Gasteiger partial charge is 0.290 e. The fraction of sp³-hybridized carbons (Fsp3) is 0.190. The van der Waals surface area contributed by atoms with E-state index in [0.717, 1.165) is 11.8 Å². The van der Waals surface area contributed by atoms with Gasteiger partial charge >= 0.3 is 0 Å². The topological polar surface area (TPSA) is 103 Å². The summed E-state index contributed by atoms with van der Waals surface area (Å²) in [6, 6.07) is 12.0. The van der Waals surface area contributed by atoms with Crippen molar-refractivity contribution in [1.82, 2.24) is 5.32 Å². The minimum atomic E-state index is -0.432. The van der Waals surface area contributed by atoms with Crippen LogP contribution >= 0.6 is 11.8 Å². The Morgan fingerprint density at radius 2 is 1.87 bits per heavy atom. The highest BCUT2D eigenvalue weighted by molar-refractivity contribution is 8.18. The largest absolute Gasteiger partial charge is 0.497 e. The molecule has 30 heavy (non-hydrogen) atoms. The molecule has 0 unspecified atom stereocenters. The summed E-state index contributed by atoms with van der Waals surface area (Å²) in [6.07, 6.45) is 1.59. The Kier molecular flexibility index (Phi) is 6.97. The molecule has 1 aliphatic heterocycles. The summed E-state index contributed by atoms with van der Waals surface area (Å²) in [5.41, 5.74) is 1.29. The number of amides is 3. The van der Waals surface area contributed by atoms with E-state index in [4.69, 9.17) is 14.2 Å². The zero-order chi connectivity index (χ0) is 21.5. The molecule has 8 nitrogen and oxygen atoms in total. The molecule has 1 aliphatic rings. The maximum absolute atomic E-state index is 12.2. The Morgan fingerprint density at radius 3 is 2.50 bits per heavy atom. The summed E-state index contributed by atoms with van der Waals surface area (Å²) in [5.74, 6) is 0.755. The summed E-state index contributed by atoms with van der Waals surface area (Å²) >= 11 is 0.838. The van der Waals surface area contributed by atoms with E-state index in [1.54, 1.807) is 55.7 Å². The van der Waals surface area contributed by atoms with Crippen molar-refractivity contribution in [1.29, 1.82) is 0 Å². The molecule has 156 valence electrons. The molecule has 0 radical (unpaired) electrons. The van der Waals surface area contributed by atoms with Crippen LogP contribution in [0.5, 0.6) is 17.2 Å². The number of methoxy groups -OCH3 is 1. The summed E-state index contributed by atoms with van der Waals surface area (Å²) < 4.78 is 16.3. The molecule has 0 spiro atoms. The highest BCUT2D eigenvalue weighted by Gasteiger charge is 2.25. The van der Waals surface area contributed by atoms with Crippen LogP contribution in [0.15, 0.2) is 47.4 Å². The second-order valence-corrected chi connectivity index (χ2v) is 7.07. The van der Waals surface area contributed by atoms with Gasteiger partial charge in [-0.25, -0.2) is 0 Å². The van der Waals surface area contributed by atoms with Crippen LogP contribution in [0.25, 0.3) is 6.08 Å². The van der Waals surface area contributed by atoms with Crippen molar-refractivity contribution in [3.05, 3.63) is 52.9 Å². The number of benzene rings is 2. The second-order valence-electron chi connectivity index (χ2n) is 6.06. The zero-order valence-corrected chi connectivity index (χ0v) is 17.2. The van der Waals surface area contributed by atoms with Crippen LogP contribution < -0.4 is 24.8 Å². The van der Waals surface area contributed by atoms with Gasteiger partial charge in [-0.05, 0) is 66.7 Å². The molecular formula is C21H20N2O6S. The number of imide groups is 1. The van der Waals surface area contributed by atoms with E-state index in [1.165, 1.54) is 0 Å². The van der Waals surface area contributed by atoms with Crippen molar-refractivity contribution in [3.8, 4) is 17.2 Å². The molecule has 1 fully saturated rings. The first-order valence-electron chi connectivity index (χ1n) is 9.07. The SMILES string of the molecule is CCOc1cc(/C=C2\SC(=O)NC2=O)ccc1OCC(=O)Nc1ccc(OC)cc1. The number of thioether (sulfide) groups is 1. The molecule has 1 heterocycles. The lowest BCUT2D eigenvalue weighted by atomic mass is 10.2. The van der Waals surface area contributed by atoms with Gasteiger partial charge in [0.2, 0.25) is 0 Å².